The number of nitrogens with zero attached hydrogens (tertiary/aromatic N) is 2. The van der Waals surface area contributed by atoms with Crippen molar-refractivity contribution in [3.8, 4) is 6.07 Å². The van der Waals surface area contributed by atoms with Gasteiger partial charge in [0.1, 0.15) is 0 Å². The first kappa shape index (κ1) is 22.4. The number of carbonyl (C=O) groups is 2. The van der Waals surface area contributed by atoms with Gasteiger partial charge in [-0.15, -0.1) is 0 Å². The second-order valence-electron chi connectivity index (χ2n) is 6.77. The third-order valence-electron chi connectivity index (χ3n) is 4.61. The first-order valence-corrected chi connectivity index (χ1v) is 11.0. The number of ether oxygens (including phenoxy) is 2. The van der Waals surface area contributed by atoms with Gasteiger partial charge in [0.2, 0.25) is 10.0 Å². The van der Waals surface area contributed by atoms with Gasteiger partial charge >= 0.3 is 5.97 Å². The molecule has 31 heavy (non-hydrogen) atoms. The van der Waals surface area contributed by atoms with E-state index in [0.717, 1.165) is 0 Å². The van der Waals surface area contributed by atoms with Crippen LogP contribution in [0.25, 0.3) is 0 Å². The maximum Gasteiger partial charge on any atom is 0.338 e. The van der Waals surface area contributed by atoms with Gasteiger partial charge in [-0.25, -0.2) is 13.2 Å². The van der Waals surface area contributed by atoms with Gasteiger partial charge in [-0.2, -0.15) is 9.57 Å². The Labute approximate surface area is 180 Å². The lowest BCUT2D eigenvalue weighted by Crippen LogP contribution is -2.40. The molecule has 10 heteroatoms. The van der Waals surface area contributed by atoms with Crippen LogP contribution in [0.4, 0.5) is 5.69 Å². The third kappa shape index (κ3) is 5.46. The molecule has 3 rings (SSSR count). The summed E-state index contributed by atoms with van der Waals surface area (Å²) in [6.07, 6.45) is -1.10. The molecule has 0 radical (unpaired) electrons. The summed E-state index contributed by atoms with van der Waals surface area (Å²) in [4.78, 5) is 24.7. The second kappa shape index (κ2) is 9.70. The Morgan fingerprint density at radius 1 is 1.16 bits per heavy atom. The topological polar surface area (TPSA) is 126 Å². The Balaban J connectivity index is 1.62. The molecule has 0 spiro atoms. The van der Waals surface area contributed by atoms with Crippen LogP contribution >= 0.6 is 0 Å². The number of morpholine rings is 1. The monoisotopic (exact) mass is 443 g/mol. The molecule has 1 amide bonds. The summed E-state index contributed by atoms with van der Waals surface area (Å²) in [5.74, 6) is -1.32. The Kier molecular flexibility index (Phi) is 7.02. The number of anilines is 1. The van der Waals surface area contributed by atoms with E-state index in [2.05, 4.69) is 5.32 Å². The van der Waals surface area contributed by atoms with E-state index in [-0.39, 0.29) is 23.5 Å². The molecule has 2 aromatic carbocycles. The molecule has 0 saturated carbocycles. The minimum absolute atomic E-state index is 0.0640. The van der Waals surface area contributed by atoms with Gasteiger partial charge in [0, 0.05) is 18.8 Å². The predicted molar refractivity (Wildman–Crippen MR) is 111 cm³/mol. The van der Waals surface area contributed by atoms with Gasteiger partial charge in [-0.3, -0.25) is 4.79 Å². The zero-order valence-corrected chi connectivity index (χ0v) is 17.6. The van der Waals surface area contributed by atoms with Gasteiger partial charge < -0.3 is 14.8 Å². The number of hydrogen-bond donors (Lipinski definition) is 1. The molecular weight excluding hydrogens is 422 g/mol. The molecule has 1 fully saturated rings. The summed E-state index contributed by atoms with van der Waals surface area (Å²) in [6.45, 7) is 2.64. The van der Waals surface area contributed by atoms with Crippen LogP contribution in [0.5, 0.6) is 0 Å². The summed E-state index contributed by atoms with van der Waals surface area (Å²) in [5.41, 5.74) is 0.909. The van der Waals surface area contributed by atoms with E-state index in [1.165, 1.54) is 41.6 Å². The smallest absolute Gasteiger partial charge is 0.338 e. The van der Waals surface area contributed by atoms with Crippen molar-refractivity contribution < 1.29 is 27.5 Å². The average Bonchev–Trinajstić information content (AvgIpc) is 2.79. The quantitative estimate of drug-likeness (QED) is 0.674. The lowest BCUT2D eigenvalue weighted by atomic mass is 10.2. The van der Waals surface area contributed by atoms with Crippen molar-refractivity contribution in [1.29, 1.82) is 5.26 Å². The molecule has 1 atom stereocenters. The molecule has 162 valence electrons. The van der Waals surface area contributed by atoms with E-state index >= 15 is 0 Å². The highest BCUT2D eigenvalue weighted by atomic mass is 32.2. The molecular formula is C21H21N3O6S. The van der Waals surface area contributed by atoms with Crippen LogP contribution in [0.15, 0.2) is 53.4 Å². The van der Waals surface area contributed by atoms with E-state index < -0.39 is 28.0 Å². The largest absolute Gasteiger partial charge is 0.449 e. The Morgan fingerprint density at radius 2 is 1.84 bits per heavy atom. The Morgan fingerprint density at radius 3 is 2.48 bits per heavy atom. The fourth-order valence-corrected chi connectivity index (χ4v) is 4.30. The zero-order chi connectivity index (χ0) is 22.4. The van der Waals surface area contributed by atoms with Crippen LogP contribution in [0, 0.1) is 11.3 Å². The number of carbonyl (C=O) groups excluding carboxylic acids is 2. The van der Waals surface area contributed by atoms with Gasteiger partial charge in [0.25, 0.3) is 5.91 Å². The standard InChI is InChI=1S/C21H21N3O6S/c1-15(20(25)23-18-4-2-3-16(13-18)14-22)30-21(26)17-5-7-19(8-6-17)31(27,28)24-9-11-29-12-10-24/h2-8,13,15H,9-12H2,1H3,(H,23,25). The van der Waals surface area contributed by atoms with Crippen LogP contribution in [0.1, 0.15) is 22.8 Å². The maximum atomic E-state index is 12.6. The Hall–Kier alpha value is -3.26. The van der Waals surface area contributed by atoms with Crippen LogP contribution < -0.4 is 5.32 Å². The number of esters is 1. The van der Waals surface area contributed by atoms with Gasteiger partial charge in [0.15, 0.2) is 6.10 Å². The molecule has 1 heterocycles. The molecule has 2 aromatic rings. The van der Waals surface area contributed by atoms with Crippen LogP contribution in [0.2, 0.25) is 0 Å². The van der Waals surface area contributed by atoms with Crippen molar-refractivity contribution in [3.63, 3.8) is 0 Å². The van der Waals surface area contributed by atoms with Crippen molar-refractivity contribution in [2.24, 2.45) is 0 Å². The summed E-state index contributed by atoms with van der Waals surface area (Å²) < 4.78 is 37.0. The predicted octanol–water partition coefficient (Wildman–Crippen LogP) is 1.76. The molecule has 1 aliphatic heterocycles. The van der Waals surface area contributed by atoms with Crippen molar-refractivity contribution in [3.05, 3.63) is 59.7 Å². The van der Waals surface area contributed by atoms with Gasteiger partial charge in [0.05, 0.1) is 35.3 Å². The van der Waals surface area contributed by atoms with E-state index in [4.69, 9.17) is 14.7 Å². The van der Waals surface area contributed by atoms with Crippen molar-refractivity contribution in [2.45, 2.75) is 17.9 Å². The van der Waals surface area contributed by atoms with E-state index in [9.17, 15) is 18.0 Å². The van der Waals surface area contributed by atoms with E-state index in [0.29, 0.717) is 24.5 Å². The normalized spacial score (nSPS) is 15.5. The number of sulfonamides is 1. The first-order chi connectivity index (χ1) is 14.8. The summed E-state index contributed by atoms with van der Waals surface area (Å²) in [5, 5.41) is 11.5. The molecule has 1 aliphatic rings. The van der Waals surface area contributed by atoms with Crippen LogP contribution in [0.3, 0.4) is 0 Å². The van der Waals surface area contributed by atoms with Crippen molar-refractivity contribution >= 4 is 27.6 Å². The number of rotatable bonds is 6. The number of hydrogen-bond acceptors (Lipinski definition) is 7. The lowest BCUT2D eigenvalue weighted by molar-refractivity contribution is -0.123. The van der Waals surface area contributed by atoms with Crippen LogP contribution in [-0.4, -0.2) is 57.0 Å². The van der Waals surface area contributed by atoms with Gasteiger partial charge in [-0.1, -0.05) is 6.07 Å². The molecule has 0 aromatic heterocycles. The fraction of sp³-hybridized carbons (Fsp3) is 0.286. The molecule has 1 saturated heterocycles. The van der Waals surface area contributed by atoms with E-state index in [1.807, 2.05) is 6.07 Å². The second-order valence-corrected chi connectivity index (χ2v) is 8.71. The number of nitrogens with one attached hydrogen (secondary N) is 1. The van der Waals surface area contributed by atoms with Crippen molar-refractivity contribution in [2.75, 3.05) is 31.6 Å². The van der Waals surface area contributed by atoms with Crippen molar-refractivity contribution in [1.82, 2.24) is 4.31 Å². The molecule has 9 nitrogen and oxygen atoms in total. The number of amides is 1. The fourth-order valence-electron chi connectivity index (χ4n) is 2.89. The first-order valence-electron chi connectivity index (χ1n) is 9.51. The molecule has 1 unspecified atom stereocenters. The highest BCUT2D eigenvalue weighted by Crippen LogP contribution is 2.18. The minimum atomic E-state index is -3.67. The molecule has 0 bridgehead atoms. The third-order valence-corrected chi connectivity index (χ3v) is 6.52. The van der Waals surface area contributed by atoms with Crippen LogP contribution in [-0.2, 0) is 24.3 Å². The number of benzene rings is 2. The van der Waals surface area contributed by atoms with Gasteiger partial charge in [-0.05, 0) is 49.4 Å². The summed E-state index contributed by atoms with van der Waals surface area (Å²) >= 11 is 0. The Bertz CT molecular complexity index is 1100. The van der Waals surface area contributed by atoms with E-state index in [1.54, 1.807) is 18.2 Å². The molecule has 0 aliphatic carbocycles. The highest BCUT2D eigenvalue weighted by Gasteiger charge is 2.27. The summed E-state index contributed by atoms with van der Waals surface area (Å²) in [6, 6.07) is 13.7. The minimum Gasteiger partial charge on any atom is -0.449 e. The zero-order valence-electron chi connectivity index (χ0n) is 16.8. The highest BCUT2D eigenvalue weighted by molar-refractivity contribution is 7.89. The lowest BCUT2D eigenvalue weighted by Gasteiger charge is -2.26. The SMILES string of the molecule is CC(OC(=O)c1ccc(S(=O)(=O)N2CCOCC2)cc1)C(=O)Nc1cccc(C#N)c1. The maximum absolute atomic E-state index is 12.6. The average molecular weight is 443 g/mol. The number of nitriles is 1. The summed E-state index contributed by atoms with van der Waals surface area (Å²) in [7, 11) is -3.67. The molecule has 1 N–H and O–H groups in total.